The monoisotopic (exact) mass is 516 g/mol. The van der Waals surface area contributed by atoms with E-state index < -0.39 is 0 Å². The first-order valence-corrected chi connectivity index (χ1v) is 14.7. The second kappa shape index (κ2) is 8.38. The normalized spacial score (nSPS) is 13.5. The van der Waals surface area contributed by atoms with Gasteiger partial charge >= 0.3 is 0 Å². The van der Waals surface area contributed by atoms with E-state index in [9.17, 15) is 0 Å². The summed E-state index contributed by atoms with van der Waals surface area (Å²) in [6, 6.07) is 37.9. The van der Waals surface area contributed by atoms with Crippen LogP contribution in [0.15, 0.2) is 97.1 Å². The Morgan fingerprint density at radius 2 is 1.00 bits per heavy atom. The van der Waals surface area contributed by atoms with Crippen LogP contribution in [-0.2, 0) is 0 Å². The lowest BCUT2D eigenvalue weighted by atomic mass is 9.88. The van der Waals surface area contributed by atoms with Crippen molar-refractivity contribution in [3.63, 3.8) is 0 Å². The topological polar surface area (TPSA) is 3.88 Å². The molecule has 0 radical (unpaired) electrons. The summed E-state index contributed by atoms with van der Waals surface area (Å²) in [4.78, 5) is 0. The van der Waals surface area contributed by atoms with E-state index in [2.05, 4.69) is 136 Å². The van der Waals surface area contributed by atoms with Gasteiger partial charge in [0.1, 0.15) is 0 Å². The van der Waals surface area contributed by atoms with Crippen LogP contribution in [-0.4, -0.2) is 0 Å². The van der Waals surface area contributed by atoms with Crippen molar-refractivity contribution in [1.82, 2.24) is 0 Å². The van der Waals surface area contributed by atoms with Crippen LogP contribution in [0.25, 0.3) is 55.2 Å². The predicted octanol–water partition coefficient (Wildman–Crippen LogP) is 10.1. The number of fused-ring (bicyclic) bond motifs is 8. The molecule has 0 atom stereocenters. The lowest BCUT2D eigenvalue weighted by molar-refractivity contribution is -0.672. The van der Waals surface area contributed by atoms with Gasteiger partial charge in [-0.1, -0.05) is 93.9 Å². The molecule has 8 rings (SSSR count). The van der Waals surface area contributed by atoms with Crippen molar-refractivity contribution in [2.75, 3.05) is 0 Å². The summed E-state index contributed by atoms with van der Waals surface area (Å²) in [6.07, 6.45) is 0. The highest BCUT2D eigenvalue weighted by Crippen LogP contribution is 2.49. The summed E-state index contributed by atoms with van der Waals surface area (Å²) < 4.78 is 2.61. The molecule has 194 valence electrons. The van der Waals surface area contributed by atoms with Crippen molar-refractivity contribution in [3.8, 4) is 33.6 Å². The Kier molecular flexibility index (Phi) is 4.96. The van der Waals surface area contributed by atoms with Crippen molar-refractivity contribution in [2.24, 2.45) is 0 Å². The van der Waals surface area contributed by atoms with Gasteiger partial charge in [0.2, 0.25) is 17.4 Å². The number of rotatable bonds is 3. The third kappa shape index (κ3) is 3.37. The van der Waals surface area contributed by atoms with E-state index in [1.165, 1.54) is 83.0 Å². The molecule has 3 heterocycles. The molecule has 2 aliphatic rings. The van der Waals surface area contributed by atoms with E-state index in [0.717, 1.165) is 0 Å². The Morgan fingerprint density at radius 3 is 1.48 bits per heavy atom. The Bertz CT molecular complexity index is 1890. The summed E-state index contributed by atoms with van der Waals surface area (Å²) in [5.74, 6) is 1.03. The number of benzene rings is 5. The van der Waals surface area contributed by atoms with E-state index in [1.54, 1.807) is 0 Å². The van der Waals surface area contributed by atoms with Gasteiger partial charge in [0.25, 0.3) is 0 Å². The van der Waals surface area contributed by atoms with Crippen molar-refractivity contribution in [3.05, 3.63) is 125 Å². The number of pyridine rings is 1. The highest BCUT2D eigenvalue weighted by atomic mass is 15.1. The second-order valence-corrected chi connectivity index (χ2v) is 12.6. The van der Waals surface area contributed by atoms with Gasteiger partial charge in [0, 0.05) is 23.3 Å². The number of aromatic nitrogens is 1. The van der Waals surface area contributed by atoms with E-state index in [4.69, 9.17) is 0 Å². The molecule has 0 aliphatic carbocycles. The second-order valence-electron chi connectivity index (χ2n) is 12.6. The van der Waals surface area contributed by atoms with Gasteiger partial charge in [0.05, 0.1) is 11.1 Å². The minimum absolute atomic E-state index is 0.213. The first-order valence-electron chi connectivity index (χ1n) is 14.7. The highest BCUT2D eigenvalue weighted by Gasteiger charge is 2.47. The summed E-state index contributed by atoms with van der Waals surface area (Å²) in [5, 5.41) is 5.32. The largest absolute Gasteiger partial charge is 0.215 e. The molecule has 0 saturated carbocycles. The fourth-order valence-corrected chi connectivity index (χ4v) is 6.94. The standard InChI is InChI=1S/C39H34N/c1-22(2)26-10-12-28-16-35-33(18-30(28)14-26)37-20-32(25-8-6-24(5)7-9-25)21-38-34-19-31-15-27(23(3)4)11-13-29(31)17-36(34)39(35)40(37)38/h6-23,39H,1-5H3/q+1. The molecular formula is C39H34N+. The van der Waals surface area contributed by atoms with Crippen LogP contribution in [0, 0.1) is 6.92 Å². The summed E-state index contributed by atoms with van der Waals surface area (Å²) >= 11 is 0. The van der Waals surface area contributed by atoms with E-state index in [-0.39, 0.29) is 6.04 Å². The van der Waals surface area contributed by atoms with Crippen LogP contribution >= 0.6 is 0 Å². The van der Waals surface area contributed by atoms with Gasteiger partial charge in [-0.05, 0) is 86.8 Å². The molecule has 0 spiro atoms. The lowest BCUT2D eigenvalue weighted by Gasteiger charge is -2.11. The number of hydrogen-bond acceptors (Lipinski definition) is 0. The maximum Gasteiger partial charge on any atom is 0.215 e. The van der Waals surface area contributed by atoms with Crippen LogP contribution in [0.3, 0.4) is 0 Å². The fraction of sp³-hybridized carbons (Fsp3) is 0.205. The SMILES string of the molecule is Cc1ccc(-c2cc3[n+]4c(c2)-c2cc5cc(C(C)C)ccc5cc2C4c2cc4ccc(C(C)C)cc4cc2-3)cc1. The summed E-state index contributed by atoms with van der Waals surface area (Å²) in [6.45, 7) is 11.3. The number of aryl methyl sites for hydroxylation is 1. The van der Waals surface area contributed by atoms with Crippen LogP contribution in [0.2, 0.25) is 0 Å². The summed E-state index contributed by atoms with van der Waals surface area (Å²) in [7, 11) is 0. The molecule has 6 aromatic rings. The zero-order valence-corrected chi connectivity index (χ0v) is 23.9. The zero-order valence-electron chi connectivity index (χ0n) is 23.9. The lowest BCUT2D eigenvalue weighted by Crippen LogP contribution is -2.36. The van der Waals surface area contributed by atoms with Gasteiger partial charge in [-0.15, -0.1) is 0 Å². The Labute approximate surface area is 236 Å². The Balaban J connectivity index is 1.43. The van der Waals surface area contributed by atoms with E-state index in [0.29, 0.717) is 11.8 Å². The maximum atomic E-state index is 2.61. The van der Waals surface area contributed by atoms with Gasteiger partial charge in [0.15, 0.2) is 0 Å². The van der Waals surface area contributed by atoms with E-state index >= 15 is 0 Å². The molecule has 0 N–H and O–H groups in total. The summed E-state index contributed by atoms with van der Waals surface area (Å²) in [5.41, 5.74) is 14.9. The van der Waals surface area contributed by atoms with Crippen molar-refractivity contribution >= 4 is 21.5 Å². The Morgan fingerprint density at radius 1 is 0.500 bits per heavy atom. The third-order valence-corrected chi connectivity index (χ3v) is 9.29. The fourth-order valence-electron chi connectivity index (χ4n) is 6.94. The molecule has 0 unspecified atom stereocenters. The number of hydrogen-bond donors (Lipinski definition) is 0. The van der Waals surface area contributed by atoms with Gasteiger partial charge in [-0.2, -0.15) is 4.57 Å². The van der Waals surface area contributed by atoms with Crippen LogP contribution in [0.1, 0.15) is 73.4 Å². The first kappa shape index (κ1) is 23.6. The van der Waals surface area contributed by atoms with Crippen molar-refractivity contribution in [2.45, 2.75) is 52.5 Å². The zero-order chi connectivity index (χ0) is 27.3. The van der Waals surface area contributed by atoms with Crippen molar-refractivity contribution < 1.29 is 4.57 Å². The van der Waals surface area contributed by atoms with Gasteiger partial charge in [-0.25, -0.2) is 0 Å². The van der Waals surface area contributed by atoms with E-state index in [1.807, 2.05) is 0 Å². The quantitative estimate of drug-likeness (QED) is 0.206. The maximum absolute atomic E-state index is 2.61. The molecule has 0 saturated heterocycles. The molecule has 1 nitrogen and oxygen atoms in total. The molecule has 0 fully saturated rings. The molecule has 0 amide bonds. The van der Waals surface area contributed by atoms with Crippen molar-refractivity contribution in [1.29, 1.82) is 0 Å². The van der Waals surface area contributed by atoms with Crippen LogP contribution in [0.4, 0.5) is 0 Å². The molecule has 40 heavy (non-hydrogen) atoms. The molecular weight excluding hydrogens is 482 g/mol. The first-order chi connectivity index (χ1) is 19.4. The Hall–Kier alpha value is -4.23. The molecule has 1 heteroatoms. The van der Waals surface area contributed by atoms with Crippen LogP contribution < -0.4 is 4.57 Å². The average Bonchev–Trinajstić information content (AvgIpc) is 3.44. The molecule has 0 bridgehead atoms. The number of nitrogens with zero attached hydrogens (tertiary/aromatic N) is 1. The van der Waals surface area contributed by atoms with Crippen LogP contribution in [0.5, 0.6) is 0 Å². The third-order valence-electron chi connectivity index (χ3n) is 9.29. The average molecular weight is 517 g/mol. The smallest absolute Gasteiger partial charge is 0.180 e. The van der Waals surface area contributed by atoms with Gasteiger partial charge in [-0.3, -0.25) is 0 Å². The highest BCUT2D eigenvalue weighted by molar-refractivity contribution is 5.94. The van der Waals surface area contributed by atoms with Gasteiger partial charge < -0.3 is 0 Å². The molecule has 5 aromatic carbocycles. The predicted molar refractivity (Wildman–Crippen MR) is 168 cm³/mol. The molecule has 1 aromatic heterocycles. The minimum atomic E-state index is 0.213. The molecule has 2 aliphatic heterocycles. The minimum Gasteiger partial charge on any atom is -0.180 e.